The van der Waals surface area contributed by atoms with Crippen molar-refractivity contribution in [3.63, 3.8) is 0 Å². The van der Waals surface area contributed by atoms with Crippen LogP contribution in [0.15, 0.2) is 84.9 Å². The zero-order valence-corrected chi connectivity index (χ0v) is 17.8. The molecule has 0 spiro atoms. The van der Waals surface area contributed by atoms with Gasteiger partial charge in [0.2, 0.25) is 5.88 Å². The molecule has 34 heavy (non-hydrogen) atoms. The highest BCUT2D eigenvalue weighted by atomic mass is 19.1. The summed E-state index contributed by atoms with van der Waals surface area (Å²) < 4.78 is 20.3. The van der Waals surface area contributed by atoms with Crippen molar-refractivity contribution in [1.29, 1.82) is 0 Å². The van der Waals surface area contributed by atoms with Gasteiger partial charge in [-0.05, 0) is 48.0 Å². The standard InChI is InChI=1S/C25H20FN3O5/c26-17-5-4-6-18(13-17)29-23(30)14-22(28-29)25(33)27-21(15-24(31)32)16-9-11-20(12-10-16)34-19-7-2-1-3-8-19/h1-14,21,30H,15H2,(H,27,33)(H,31,32). The van der Waals surface area contributed by atoms with Crippen LogP contribution < -0.4 is 10.1 Å². The Bertz CT molecular complexity index is 1310. The molecule has 172 valence electrons. The Morgan fingerprint density at radius 2 is 1.68 bits per heavy atom. The number of carboxylic acid groups (broad SMARTS) is 1. The summed E-state index contributed by atoms with van der Waals surface area (Å²) in [5.41, 5.74) is 0.624. The van der Waals surface area contributed by atoms with Crippen LogP contribution in [-0.2, 0) is 4.79 Å². The lowest BCUT2D eigenvalue weighted by molar-refractivity contribution is -0.137. The normalized spacial score (nSPS) is 11.6. The number of aromatic nitrogens is 2. The molecule has 9 heteroatoms. The predicted octanol–water partition coefficient (Wildman–Crippen LogP) is 4.46. The number of nitrogens with zero attached hydrogens (tertiary/aromatic N) is 2. The third kappa shape index (κ3) is 5.39. The van der Waals surface area contributed by atoms with Crippen molar-refractivity contribution >= 4 is 11.9 Å². The zero-order chi connectivity index (χ0) is 24.1. The van der Waals surface area contributed by atoms with E-state index in [1.165, 1.54) is 18.2 Å². The summed E-state index contributed by atoms with van der Waals surface area (Å²) in [6.07, 6.45) is -0.374. The molecule has 8 nitrogen and oxygen atoms in total. The third-order valence-electron chi connectivity index (χ3n) is 4.92. The van der Waals surface area contributed by atoms with Crippen LogP contribution in [0.5, 0.6) is 17.4 Å². The fourth-order valence-corrected chi connectivity index (χ4v) is 3.33. The largest absolute Gasteiger partial charge is 0.493 e. The number of carbonyl (C=O) groups excluding carboxylic acids is 1. The van der Waals surface area contributed by atoms with Crippen molar-refractivity contribution < 1.29 is 28.9 Å². The highest BCUT2D eigenvalue weighted by Gasteiger charge is 2.22. The number of rotatable bonds is 8. The van der Waals surface area contributed by atoms with E-state index in [1.54, 1.807) is 36.4 Å². The van der Waals surface area contributed by atoms with Crippen LogP contribution in [0, 0.1) is 5.82 Å². The van der Waals surface area contributed by atoms with E-state index in [-0.39, 0.29) is 23.7 Å². The molecular weight excluding hydrogens is 441 g/mol. The van der Waals surface area contributed by atoms with Crippen molar-refractivity contribution in [2.45, 2.75) is 12.5 Å². The van der Waals surface area contributed by atoms with Gasteiger partial charge in [-0.1, -0.05) is 36.4 Å². The fourth-order valence-electron chi connectivity index (χ4n) is 3.33. The maximum atomic E-state index is 13.5. The molecule has 0 radical (unpaired) electrons. The summed E-state index contributed by atoms with van der Waals surface area (Å²) in [6.45, 7) is 0. The minimum absolute atomic E-state index is 0.152. The Morgan fingerprint density at radius 3 is 2.35 bits per heavy atom. The number of para-hydroxylation sites is 1. The SMILES string of the molecule is O=C(O)CC(NC(=O)c1cc(O)n(-c2cccc(F)c2)n1)c1ccc(Oc2ccccc2)cc1. The number of nitrogens with one attached hydrogen (secondary N) is 1. The molecule has 0 aliphatic rings. The second-order valence-electron chi connectivity index (χ2n) is 7.39. The van der Waals surface area contributed by atoms with Gasteiger partial charge in [-0.15, -0.1) is 0 Å². The van der Waals surface area contributed by atoms with Crippen LogP contribution in [0.1, 0.15) is 28.5 Å². The van der Waals surface area contributed by atoms with Crippen molar-refractivity contribution in [2.24, 2.45) is 0 Å². The first-order valence-corrected chi connectivity index (χ1v) is 10.3. The van der Waals surface area contributed by atoms with E-state index >= 15 is 0 Å². The Labute approximate surface area is 193 Å². The van der Waals surface area contributed by atoms with Gasteiger partial charge in [-0.25, -0.2) is 9.07 Å². The summed E-state index contributed by atoms with van der Waals surface area (Å²) in [7, 11) is 0. The highest BCUT2D eigenvalue weighted by molar-refractivity contribution is 5.93. The summed E-state index contributed by atoms with van der Waals surface area (Å²) in [5.74, 6) is -1.50. The maximum absolute atomic E-state index is 13.5. The number of carbonyl (C=O) groups is 2. The summed E-state index contributed by atoms with van der Waals surface area (Å²) in [4.78, 5) is 24.2. The summed E-state index contributed by atoms with van der Waals surface area (Å²) in [5, 5.41) is 26.2. The molecule has 4 aromatic rings. The number of benzene rings is 3. The maximum Gasteiger partial charge on any atom is 0.305 e. The molecule has 0 bridgehead atoms. The Balaban J connectivity index is 1.52. The number of aromatic hydroxyl groups is 1. The van der Waals surface area contributed by atoms with E-state index < -0.39 is 23.7 Å². The topological polar surface area (TPSA) is 114 Å². The molecule has 0 saturated carbocycles. The second-order valence-corrected chi connectivity index (χ2v) is 7.39. The molecule has 4 rings (SSSR count). The second kappa shape index (κ2) is 9.86. The average molecular weight is 461 g/mol. The van der Waals surface area contributed by atoms with Gasteiger partial charge < -0.3 is 20.3 Å². The van der Waals surface area contributed by atoms with E-state index in [2.05, 4.69) is 10.4 Å². The van der Waals surface area contributed by atoms with Crippen molar-refractivity contribution in [3.8, 4) is 23.1 Å². The Morgan fingerprint density at radius 1 is 0.971 bits per heavy atom. The monoisotopic (exact) mass is 461 g/mol. The van der Waals surface area contributed by atoms with Crippen LogP contribution in [0.4, 0.5) is 4.39 Å². The van der Waals surface area contributed by atoms with Crippen LogP contribution in [0.3, 0.4) is 0 Å². The van der Waals surface area contributed by atoms with E-state index in [0.29, 0.717) is 17.1 Å². The fraction of sp³-hybridized carbons (Fsp3) is 0.0800. The molecule has 3 N–H and O–H groups in total. The van der Waals surface area contributed by atoms with Gasteiger partial charge in [-0.2, -0.15) is 5.10 Å². The molecule has 0 fully saturated rings. The first-order valence-electron chi connectivity index (χ1n) is 10.3. The minimum Gasteiger partial charge on any atom is -0.493 e. The molecular formula is C25H20FN3O5. The van der Waals surface area contributed by atoms with E-state index in [4.69, 9.17) is 4.74 Å². The van der Waals surface area contributed by atoms with E-state index in [0.717, 1.165) is 16.8 Å². The lowest BCUT2D eigenvalue weighted by atomic mass is 10.0. The van der Waals surface area contributed by atoms with Gasteiger partial charge in [-0.3, -0.25) is 9.59 Å². The van der Waals surface area contributed by atoms with Gasteiger partial charge in [0.05, 0.1) is 18.2 Å². The van der Waals surface area contributed by atoms with Gasteiger partial charge >= 0.3 is 5.97 Å². The highest BCUT2D eigenvalue weighted by Crippen LogP contribution is 2.25. The number of aliphatic carboxylic acids is 1. The van der Waals surface area contributed by atoms with Gasteiger partial charge in [0, 0.05) is 6.07 Å². The molecule has 0 saturated heterocycles. The summed E-state index contributed by atoms with van der Waals surface area (Å²) in [6, 6.07) is 21.5. The molecule has 0 aliphatic heterocycles. The van der Waals surface area contributed by atoms with Gasteiger partial charge in [0.15, 0.2) is 5.69 Å². The molecule has 1 amide bonds. The number of ether oxygens (including phenoxy) is 1. The Hall–Kier alpha value is -4.66. The smallest absolute Gasteiger partial charge is 0.305 e. The predicted molar refractivity (Wildman–Crippen MR) is 121 cm³/mol. The summed E-state index contributed by atoms with van der Waals surface area (Å²) >= 11 is 0. The molecule has 1 aromatic heterocycles. The van der Waals surface area contributed by atoms with Crippen LogP contribution in [0.25, 0.3) is 5.69 Å². The van der Waals surface area contributed by atoms with Crippen LogP contribution in [-0.4, -0.2) is 31.9 Å². The number of amides is 1. The molecule has 1 atom stereocenters. The van der Waals surface area contributed by atoms with Crippen molar-refractivity contribution in [1.82, 2.24) is 15.1 Å². The van der Waals surface area contributed by atoms with Gasteiger partial charge in [0.1, 0.15) is 17.3 Å². The van der Waals surface area contributed by atoms with E-state index in [1.807, 2.05) is 18.2 Å². The number of carboxylic acids is 1. The molecule has 0 aliphatic carbocycles. The van der Waals surface area contributed by atoms with Crippen molar-refractivity contribution in [3.05, 3.63) is 102 Å². The molecule has 3 aromatic carbocycles. The zero-order valence-electron chi connectivity index (χ0n) is 17.8. The molecule has 1 heterocycles. The average Bonchev–Trinajstić information content (AvgIpc) is 3.21. The van der Waals surface area contributed by atoms with Crippen LogP contribution >= 0.6 is 0 Å². The third-order valence-corrected chi connectivity index (χ3v) is 4.92. The number of hydrogen-bond donors (Lipinski definition) is 3. The Kier molecular flexibility index (Phi) is 6.54. The lowest BCUT2D eigenvalue weighted by Gasteiger charge is -2.17. The first-order chi connectivity index (χ1) is 16.4. The minimum atomic E-state index is -1.11. The van der Waals surface area contributed by atoms with E-state index in [9.17, 15) is 24.2 Å². The number of hydrogen-bond acceptors (Lipinski definition) is 5. The van der Waals surface area contributed by atoms with Gasteiger partial charge in [0.25, 0.3) is 5.91 Å². The quantitative estimate of drug-likeness (QED) is 0.357. The van der Waals surface area contributed by atoms with Crippen molar-refractivity contribution in [2.75, 3.05) is 0 Å². The molecule has 1 unspecified atom stereocenters. The lowest BCUT2D eigenvalue weighted by Crippen LogP contribution is -2.30. The first kappa shape index (κ1) is 22.5. The van der Waals surface area contributed by atoms with Crippen LogP contribution in [0.2, 0.25) is 0 Å². The number of halogens is 1.